The Morgan fingerprint density at radius 2 is 2.00 bits per heavy atom. The van der Waals surface area contributed by atoms with Crippen LogP contribution in [0.15, 0.2) is 0 Å². The second-order valence-corrected chi connectivity index (χ2v) is 4.45. The summed E-state index contributed by atoms with van der Waals surface area (Å²) in [5.74, 6) is -0.134. The fourth-order valence-corrected chi connectivity index (χ4v) is 1.47. The standard InChI is InChI=1S/C12H25N3O2/c1-10(2)14-7-5-4-6-11(9-16)15-12(17)8-13-3/h9-11,13-14H,4-8H2,1-3H3,(H,15,17). The van der Waals surface area contributed by atoms with E-state index in [-0.39, 0.29) is 18.5 Å². The van der Waals surface area contributed by atoms with E-state index in [9.17, 15) is 9.59 Å². The van der Waals surface area contributed by atoms with Crippen LogP contribution in [0, 0.1) is 0 Å². The average molecular weight is 243 g/mol. The summed E-state index contributed by atoms with van der Waals surface area (Å²) in [4.78, 5) is 22.0. The van der Waals surface area contributed by atoms with Gasteiger partial charge in [-0.05, 0) is 32.9 Å². The third-order valence-electron chi connectivity index (χ3n) is 2.34. The van der Waals surface area contributed by atoms with Crippen LogP contribution in [-0.2, 0) is 9.59 Å². The van der Waals surface area contributed by atoms with Gasteiger partial charge in [-0.2, -0.15) is 0 Å². The van der Waals surface area contributed by atoms with Crippen LogP contribution < -0.4 is 16.0 Å². The summed E-state index contributed by atoms with van der Waals surface area (Å²) >= 11 is 0. The van der Waals surface area contributed by atoms with Crippen molar-refractivity contribution in [2.75, 3.05) is 20.1 Å². The van der Waals surface area contributed by atoms with Crippen molar-refractivity contribution >= 4 is 12.2 Å². The zero-order valence-corrected chi connectivity index (χ0v) is 11.1. The van der Waals surface area contributed by atoms with Crippen molar-refractivity contribution in [3.63, 3.8) is 0 Å². The number of rotatable bonds is 10. The third kappa shape index (κ3) is 9.96. The fraction of sp³-hybridized carbons (Fsp3) is 0.833. The molecule has 0 aromatic heterocycles. The number of unbranched alkanes of at least 4 members (excludes halogenated alkanes) is 1. The maximum Gasteiger partial charge on any atom is 0.234 e. The van der Waals surface area contributed by atoms with Crippen LogP contribution >= 0.6 is 0 Å². The van der Waals surface area contributed by atoms with E-state index in [2.05, 4.69) is 29.8 Å². The molecule has 0 bridgehead atoms. The molecule has 17 heavy (non-hydrogen) atoms. The topological polar surface area (TPSA) is 70.2 Å². The Kier molecular flexibility index (Phi) is 9.66. The maximum atomic E-state index is 11.2. The predicted octanol–water partition coefficient (Wildman–Crippen LogP) is 0.0578. The van der Waals surface area contributed by atoms with Crippen LogP contribution in [0.2, 0.25) is 0 Å². The van der Waals surface area contributed by atoms with Crippen molar-refractivity contribution in [2.45, 2.75) is 45.2 Å². The zero-order valence-electron chi connectivity index (χ0n) is 11.1. The first-order chi connectivity index (χ1) is 8.10. The number of carbonyl (C=O) groups is 2. The molecule has 0 saturated heterocycles. The highest BCUT2D eigenvalue weighted by atomic mass is 16.2. The van der Waals surface area contributed by atoms with Gasteiger partial charge in [-0.25, -0.2) is 0 Å². The van der Waals surface area contributed by atoms with E-state index in [1.807, 2.05) is 0 Å². The number of hydrogen-bond acceptors (Lipinski definition) is 4. The molecule has 3 N–H and O–H groups in total. The molecule has 0 aliphatic carbocycles. The predicted molar refractivity (Wildman–Crippen MR) is 68.9 cm³/mol. The Morgan fingerprint density at radius 3 is 2.53 bits per heavy atom. The van der Waals surface area contributed by atoms with Crippen LogP contribution in [0.4, 0.5) is 0 Å². The molecule has 0 aliphatic heterocycles. The van der Waals surface area contributed by atoms with Gasteiger partial charge in [-0.15, -0.1) is 0 Å². The van der Waals surface area contributed by atoms with E-state index in [0.29, 0.717) is 12.5 Å². The molecule has 1 amide bonds. The number of hydrogen-bond donors (Lipinski definition) is 3. The molecule has 0 aromatic rings. The molecular formula is C12H25N3O2. The smallest absolute Gasteiger partial charge is 0.234 e. The molecule has 0 aliphatic rings. The molecule has 1 atom stereocenters. The molecule has 5 nitrogen and oxygen atoms in total. The lowest BCUT2D eigenvalue weighted by Gasteiger charge is -2.13. The number of likely N-dealkylation sites (N-methyl/N-ethyl adjacent to an activating group) is 1. The molecule has 100 valence electrons. The summed E-state index contributed by atoms with van der Waals surface area (Å²) in [5, 5.41) is 8.74. The third-order valence-corrected chi connectivity index (χ3v) is 2.34. The molecule has 0 aromatic carbocycles. The van der Waals surface area contributed by atoms with Gasteiger partial charge < -0.3 is 20.7 Å². The number of amides is 1. The SMILES string of the molecule is CNCC(=O)NC(C=O)CCCCNC(C)C. The van der Waals surface area contributed by atoms with E-state index >= 15 is 0 Å². The van der Waals surface area contributed by atoms with E-state index in [1.54, 1.807) is 7.05 Å². The van der Waals surface area contributed by atoms with Crippen LogP contribution in [0.1, 0.15) is 33.1 Å². The molecule has 0 spiro atoms. The highest BCUT2D eigenvalue weighted by molar-refractivity contribution is 5.81. The Labute approximate surface area is 104 Å². The summed E-state index contributed by atoms with van der Waals surface area (Å²) in [5.41, 5.74) is 0. The number of carbonyl (C=O) groups excluding carboxylic acids is 2. The van der Waals surface area contributed by atoms with Gasteiger partial charge in [-0.1, -0.05) is 13.8 Å². The molecule has 0 radical (unpaired) electrons. The summed E-state index contributed by atoms with van der Waals surface area (Å²) in [7, 11) is 1.70. The zero-order chi connectivity index (χ0) is 13.1. The molecule has 5 heteroatoms. The monoisotopic (exact) mass is 243 g/mol. The molecule has 1 unspecified atom stereocenters. The van der Waals surface area contributed by atoms with E-state index in [1.165, 1.54) is 0 Å². The maximum absolute atomic E-state index is 11.2. The Bertz CT molecular complexity index is 220. The largest absolute Gasteiger partial charge is 0.345 e. The first-order valence-electron chi connectivity index (χ1n) is 6.22. The number of nitrogens with one attached hydrogen (secondary N) is 3. The van der Waals surface area contributed by atoms with Gasteiger partial charge in [0.05, 0.1) is 12.6 Å². The van der Waals surface area contributed by atoms with Crippen LogP contribution in [0.3, 0.4) is 0 Å². The van der Waals surface area contributed by atoms with Gasteiger partial charge >= 0.3 is 0 Å². The summed E-state index contributed by atoms with van der Waals surface area (Å²) < 4.78 is 0. The fourth-order valence-electron chi connectivity index (χ4n) is 1.47. The van der Waals surface area contributed by atoms with E-state index < -0.39 is 0 Å². The van der Waals surface area contributed by atoms with Crippen molar-refractivity contribution in [3.8, 4) is 0 Å². The highest BCUT2D eigenvalue weighted by Crippen LogP contribution is 1.98. The van der Waals surface area contributed by atoms with E-state index in [4.69, 9.17) is 0 Å². The first kappa shape index (κ1) is 16.1. The quantitative estimate of drug-likeness (QED) is 0.375. The summed E-state index contributed by atoms with van der Waals surface area (Å²) in [6.07, 6.45) is 3.47. The molecule has 0 rings (SSSR count). The molecule has 0 fully saturated rings. The van der Waals surface area contributed by atoms with Gasteiger partial charge in [0.2, 0.25) is 5.91 Å². The lowest BCUT2D eigenvalue weighted by atomic mass is 10.1. The lowest BCUT2D eigenvalue weighted by molar-refractivity contribution is -0.123. The van der Waals surface area contributed by atoms with Gasteiger partial charge in [0.25, 0.3) is 0 Å². The average Bonchev–Trinajstić information content (AvgIpc) is 2.27. The normalized spacial score (nSPS) is 12.5. The van der Waals surface area contributed by atoms with E-state index in [0.717, 1.165) is 25.7 Å². The first-order valence-corrected chi connectivity index (χ1v) is 6.22. The van der Waals surface area contributed by atoms with Crippen molar-refractivity contribution in [1.29, 1.82) is 0 Å². The van der Waals surface area contributed by atoms with Crippen molar-refractivity contribution in [1.82, 2.24) is 16.0 Å². The lowest BCUT2D eigenvalue weighted by Crippen LogP contribution is -2.40. The summed E-state index contributed by atoms with van der Waals surface area (Å²) in [6, 6.07) is 0.141. The van der Waals surface area contributed by atoms with Gasteiger partial charge in [-0.3, -0.25) is 4.79 Å². The minimum absolute atomic E-state index is 0.134. The van der Waals surface area contributed by atoms with Crippen molar-refractivity contribution in [3.05, 3.63) is 0 Å². The molecule has 0 saturated carbocycles. The minimum atomic E-state index is -0.352. The van der Waals surface area contributed by atoms with Crippen molar-refractivity contribution in [2.24, 2.45) is 0 Å². The van der Waals surface area contributed by atoms with Crippen molar-refractivity contribution < 1.29 is 9.59 Å². The second kappa shape index (κ2) is 10.2. The van der Waals surface area contributed by atoms with Gasteiger partial charge in [0, 0.05) is 6.04 Å². The molecule has 0 heterocycles. The second-order valence-electron chi connectivity index (χ2n) is 4.45. The molecular weight excluding hydrogens is 218 g/mol. The van der Waals surface area contributed by atoms with Gasteiger partial charge in [0.1, 0.15) is 6.29 Å². The Hall–Kier alpha value is -0.940. The number of aldehydes is 1. The van der Waals surface area contributed by atoms with Crippen LogP contribution in [0.5, 0.6) is 0 Å². The Balaban J connectivity index is 3.61. The Morgan fingerprint density at radius 1 is 1.29 bits per heavy atom. The minimum Gasteiger partial charge on any atom is -0.345 e. The summed E-state index contributed by atoms with van der Waals surface area (Å²) in [6.45, 7) is 5.41. The highest BCUT2D eigenvalue weighted by Gasteiger charge is 2.09. The van der Waals surface area contributed by atoms with Crippen LogP contribution in [0.25, 0.3) is 0 Å². The van der Waals surface area contributed by atoms with Crippen LogP contribution in [-0.4, -0.2) is 44.4 Å². The van der Waals surface area contributed by atoms with Gasteiger partial charge in [0.15, 0.2) is 0 Å².